The number of para-hydroxylation sites is 1. The predicted octanol–water partition coefficient (Wildman–Crippen LogP) is 2.05. The smallest absolute Gasteiger partial charge is 0.236 e. The molecule has 0 atom stereocenters. The van der Waals surface area contributed by atoms with E-state index in [2.05, 4.69) is 15.0 Å². The first kappa shape index (κ1) is 18.9. The maximum atomic E-state index is 14.0. The molecule has 0 bridgehead atoms. The van der Waals surface area contributed by atoms with Crippen LogP contribution in [0.1, 0.15) is 30.5 Å². The standard InChI is InChI=1S/C20H26FN5O2/c1-15-22-20(28-23-15)16-6-8-24(9-7-16)14-19(27)26-12-10-25(11-13-26)18-5-3-2-4-17(18)21/h2-5,16H,6-14H2,1H3. The number of anilines is 1. The van der Waals surface area contributed by atoms with Gasteiger partial charge in [0.05, 0.1) is 12.2 Å². The number of amides is 1. The Morgan fingerprint density at radius 3 is 2.50 bits per heavy atom. The number of piperazine rings is 1. The molecule has 2 fully saturated rings. The first-order chi connectivity index (χ1) is 13.6. The molecule has 0 unspecified atom stereocenters. The van der Waals surface area contributed by atoms with Gasteiger partial charge >= 0.3 is 0 Å². The number of hydrogen-bond donors (Lipinski definition) is 0. The minimum Gasteiger partial charge on any atom is -0.366 e. The van der Waals surface area contributed by atoms with Crippen molar-refractivity contribution in [3.63, 3.8) is 0 Å². The van der Waals surface area contributed by atoms with E-state index in [0.717, 1.165) is 25.9 Å². The van der Waals surface area contributed by atoms with Crippen LogP contribution in [0.25, 0.3) is 0 Å². The molecule has 4 rings (SSSR count). The van der Waals surface area contributed by atoms with Gasteiger partial charge in [-0.05, 0) is 45.0 Å². The Kier molecular flexibility index (Phi) is 5.57. The summed E-state index contributed by atoms with van der Waals surface area (Å²) in [6.45, 7) is 6.55. The normalized spacial score (nSPS) is 19.2. The Morgan fingerprint density at radius 2 is 1.86 bits per heavy atom. The molecule has 7 nitrogen and oxygen atoms in total. The molecule has 2 saturated heterocycles. The summed E-state index contributed by atoms with van der Waals surface area (Å²) in [5, 5.41) is 3.87. The topological polar surface area (TPSA) is 65.7 Å². The highest BCUT2D eigenvalue weighted by Crippen LogP contribution is 2.26. The SMILES string of the molecule is Cc1noc(C2CCN(CC(=O)N3CCN(c4ccccc4F)CC3)CC2)n1. The number of rotatable bonds is 4. The lowest BCUT2D eigenvalue weighted by atomic mass is 9.97. The maximum absolute atomic E-state index is 14.0. The van der Waals surface area contributed by atoms with Gasteiger partial charge in [-0.3, -0.25) is 9.69 Å². The fourth-order valence-corrected chi connectivity index (χ4v) is 4.01. The Labute approximate surface area is 164 Å². The molecular weight excluding hydrogens is 361 g/mol. The second kappa shape index (κ2) is 8.26. The van der Waals surface area contributed by atoms with Crippen LogP contribution in [0.15, 0.2) is 28.8 Å². The monoisotopic (exact) mass is 387 g/mol. The van der Waals surface area contributed by atoms with Gasteiger partial charge in [0, 0.05) is 32.1 Å². The van der Waals surface area contributed by atoms with Crippen molar-refractivity contribution in [3.05, 3.63) is 41.8 Å². The zero-order valence-corrected chi connectivity index (χ0v) is 16.2. The predicted molar refractivity (Wildman–Crippen MR) is 103 cm³/mol. The van der Waals surface area contributed by atoms with Gasteiger partial charge in [0.2, 0.25) is 11.8 Å². The minimum atomic E-state index is -0.207. The Bertz CT molecular complexity index is 810. The highest BCUT2D eigenvalue weighted by molar-refractivity contribution is 5.78. The van der Waals surface area contributed by atoms with E-state index < -0.39 is 0 Å². The molecule has 150 valence electrons. The lowest BCUT2D eigenvalue weighted by molar-refractivity contribution is -0.133. The summed E-state index contributed by atoms with van der Waals surface area (Å²) in [7, 11) is 0. The largest absolute Gasteiger partial charge is 0.366 e. The number of aromatic nitrogens is 2. The van der Waals surface area contributed by atoms with Crippen LogP contribution in [0.2, 0.25) is 0 Å². The van der Waals surface area contributed by atoms with Crippen molar-refractivity contribution in [2.24, 2.45) is 0 Å². The third kappa shape index (κ3) is 4.16. The van der Waals surface area contributed by atoms with E-state index in [0.29, 0.717) is 50.1 Å². The van der Waals surface area contributed by atoms with Crippen molar-refractivity contribution in [2.45, 2.75) is 25.7 Å². The molecule has 0 aliphatic carbocycles. The minimum absolute atomic E-state index is 0.153. The summed E-state index contributed by atoms with van der Waals surface area (Å²) < 4.78 is 19.2. The fraction of sp³-hybridized carbons (Fsp3) is 0.550. The molecule has 0 saturated carbocycles. The van der Waals surface area contributed by atoms with E-state index in [9.17, 15) is 9.18 Å². The number of aryl methyl sites for hydroxylation is 1. The average Bonchev–Trinajstić information content (AvgIpc) is 3.15. The molecule has 2 aliphatic rings. The molecule has 0 N–H and O–H groups in total. The van der Waals surface area contributed by atoms with E-state index in [1.165, 1.54) is 6.07 Å². The van der Waals surface area contributed by atoms with Gasteiger partial charge in [-0.1, -0.05) is 17.3 Å². The molecule has 28 heavy (non-hydrogen) atoms. The van der Waals surface area contributed by atoms with E-state index in [4.69, 9.17) is 4.52 Å². The van der Waals surface area contributed by atoms with Gasteiger partial charge in [0.25, 0.3) is 0 Å². The molecule has 3 heterocycles. The van der Waals surface area contributed by atoms with Crippen LogP contribution < -0.4 is 4.90 Å². The van der Waals surface area contributed by atoms with Crippen LogP contribution in [-0.4, -0.2) is 71.7 Å². The van der Waals surface area contributed by atoms with Crippen LogP contribution in [0.4, 0.5) is 10.1 Å². The van der Waals surface area contributed by atoms with Crippen LogP contribution in [0.3, 0.4) is 0 Å². The first-order valence-electron chi connectivity index (χ1n) is 9.90. The van der Waals surface area contributed by atoms with Crippen molar-refractivity contribution in [2.75, 3.05) is 50.7 Å². The lowest BCUT2D eigenvalue weighted by Crippen LogP contribution is -2.52. The number of benzene rings is 1. The average molecular weight is 387 g/mol. The highest BCUT2D eigenvalue weighted by Gasteiger charge is 2.28. The van der Waals surface area contributed by atoms with Gasteiger partial charge in [0.1, 0.15) is 5.82 Å². The maximum Gasteiger partial charge on any atom is 0.236 e. The number of piperidine rings is 1. The second-order valence-electron chi connectivity index (χ2n) is 7.55. The summed E-state index contributed by atoms with van der Waals surface area (Å²) in [4.78, 5) is 23.1. The van der Waals surface area contributed by atoms with E-state index in [1.54, 1.807) is 12.1 Å². The Morgan fingerprint density at radius 1 is 1.14 bits per heavy atom. The van der Waals surface area contributed by atoms with Gasteiger partial charge < -0.3 is 14.3 Å². The van der Waals surface area contributed by atoms with Crippen LogP contribution in [0, 0.1) is 12.7 Å². The lowest BCUT2D eigenvalue weighted by Gasteiger charge is -2.37. The Hall–Kier alpha value is -2.48. The third-order valence-corrected chi connectivity index (χ3v) is 5.66. The summed E-state index contributed by atoms with van der Waals surface area (Å²) >= 11 is 0. The molecule has 8 heteroatoms. The summed E-state index contributed by atoms with van der Waals surface area (Å²) in [5.74, 6) is 1.62. The van der Waals surface area contributed by atoms with Crippen molar-refractivity contribution < 1.29 is 13.7 Å². The highest BCUT2D eigenvalue weighted by atomic mass is 19.1. The molecular formula is C20H26FN5O2. The van der Waals surface area contributed by atoms with Gasteiger partial charge in [0.15, 0.2) is 5.82 Å². The number of nitrogens with zero attached hydrogens (tertiary/aromatic N) is 5. The molecule has 2 aromatic rings. The van der Waals surface area contributed by atoms with Crippen LogP contribution in [-0.2, 0) is 4.79 Å². The molecule has 0 spiro atoms. The number of hydrogen-bond acceptors (Lipinski definition) is 6. The molecule has 2 aliphatic heterocycles. The van der Waals surface area contributed by atoms with Crippen molar-refractivity contribution >= 4 is 11.6 Å². The molecule has 1 aromatic heterocycles. The fourth-order valence-electron chi connectivity index (χ4n) is 4.01. The zero-order valence-electron chi connectivity index (χ0n) is 16.2. The summed E-state index contributed by atoms with van der Waals surface area (Å²) in [6, 6.07) is 6.81. The van der Waals surface area contributed by atoms with Gasteiger partial charge in [-0.25, -0.2) is 4.39 Å². The third-order valence-electron chi connectivity index (χ3n) is 5.66. The number of likely N-dealkylation sites (tertiary alicyclic amines) is 1. The van der Waals surface area contributed by atoms with Crippen molar-refractivity contribution in [3.8, 4) is 0 Å². The van der Waals surface area contributed by atoms with E-state index >= 15 is 0 Å². The van der Waals surface area contributed by atoms with Crippen LogP contribution >= 0.6 is 0 Å². The van der Waals surface area contributed by atoms with Crippen molar-refractivity contribution in [1.29, 1.82) is 0 Å². The molecule has 0 radical (unpaired) electrons. The van der Waals surface area contributed by atoms with Crippen molar-refractivity contribution in [1.82, 2.24) is 19.9 Å². The first-order valence-corrected chi connectivity index (χ1v) is 9.90. The molecule has 1 amide bonds. The van der Waals surface area contributed by atoms with E-state index in [-0.39, 0.29) is 17.6 Å². The summed E-state index contributed by atoms with van der Waals surface area (Å²) in [6.07, 6.45) is 1.85. The number of carbonyl (C=O) groups is 1. The summed E-state index contributed by atoms with van der Waals surface area (Å²) in [5.41, 5.74) is 0.618. The quantitative estimate of drug-likeness (QED) is 0.800. The number of carbonyl (C=O) groups excluding carboxylic acids is 1. The Balaban J connectivity index is 1.24. The van der Waals surface area contributed by atoms with Gasteiger partial charge in [-0.2, -0.15) is 4.98 Å². The van der Waals surface area contributed by atoms with Gasteiger partial charge in [-0.15, -0.1) is 0 Å². The zero-order chi connectivity index (χ0) is 19.5. The van der Waals surface area contributed by atoms with E-state index in [1.807, 2.05) is 22.8 Å². The van der Waals surface area contributed by atoms with Crippen LogP contribution in [0.5, 0.6) is 0 Å². The molecule has 1 aromatic carbocycles. The number of halogens is 1. The second-order valence-corrected chi connectivity index (χ2v) is 7.55.